The van der Waals surface area contributed by atoms with E-state index in [1.165, 1.54) is 32.1 Å². The van der Waals surface area contributed by atoms with Crippen molar-refractivity contribution in [3.05, 3.63) is 48.2 Å². The van der Waals surface area contributed by atoms with Crippen LogP contribution in [0.3, 0.4) is 0 Å². The number of carbonyl (C=O) groups is 1. The first-order valence-corrected chi connectivity index (χ1v) is 7.79. The predicted molar refractivity (Wildman–Crippen MR) is 79.1 cm³/mol. The van der Waals surface area contributed by atoms with Gasteiger partial charge >= 0.3 is 0 Å². The van der Waals surface area contributed by atoms with Crippen molar-refractivity contribution in [2.45, 2.75) is 38.1 Å². The van der Waals surface area contributed by atoms with Gasteiger partial charge in [-0.2, -0.15) is 0 Å². The van der Waals surface area contributed by atoms with Gasteiger partial charge in [-0.25, -0.2) is 0 Å². The molecule has 0 radical (unpaired) electrons. The molecule has 2 heterocycles. The quantitative estimate of drug-likeness (QED) is 0.757. The lowest BCUT2D eigenvalue weighted by Crippen LogP contribution is -2.41. The molecule has 1 aromatic rings. The monoisotopic (exact) mass is 267 g/mol. The van der Waals surface area contributed by atoms with Crippen LogP contribution in [0.1, 0.15) is 42.5 Å². The van der Waals surface area contributed by atoms with Crippen LogP contribution in [0.15, 0.2) is 42.6 Å². The minimum absolute atomic E-state index is 0.161. The number of hydrogen-bond donors (Lipinski definition) is 0. The van der Waals surface area contributed by atoms with E-state index in [0.29, 0.717) is 12.0 Å². The third-order valence-corrected chi connectivity index (χ3v) is 5.50. The first-order valence-electron chi connectivity index (χ1n) is 7.79. The molecule has 1 aromatic carbocycles. The minimum atomic E-state index is 0.161. The van der Waals surface area contributed by atoms with Crippen LogP contribution in [0.5, 0.6) is 0 Å². The van der Waals surface area contributed by atoms with E-state index in [2.05, 4.69) is 11.5 Å². The van der Waals surface area contributed by atoms with Crippen molar-refractivity contribution in [1.29, 1.82) is 0 Å². The molecule has 4 aliphatic rings. The summed E-state index contributed by atoms with van der Waals surface area (Å²) in [6.07, 6.45) is 6.26. The number of fused-ring (bicyclic) bond motifs is 1. The zero-order valence-electron chi connectivity index (χ0n) is 11.8. The summed E-state index contributed by atoms with van der Waals surface area (Å²) < 4.78 is 0. The third-order valence-electron chi connectivity index (χ3n) is 5.50. The number of amides is 1. The maximum Gasteiger partial charge on any atom is 0.258 e. The Kier molecular flexibility index (Phi) is 2.73. The summed E-state index contributed by atoms with van der Waals surface area (Å²) in [6.45, 7) is 4.30. The van der Waals surface area contributed by atoms with Crippen LogP contribution in [-0.2, 0) is 0 Å². The molecule has 20 heavy (non-hydrogen) atoms. The standard InChI is InChI=1S/C18H21NO/c1-12-16-8-13-7-14(9-16)11-17(10-13)19(12)18(20)15-5-3-2-4-6-15/h2-6,13-14,16-17H,1,7-11H2. The Labute approximate surface area is 120 Å². The number of carbonyl (C=O) groups excluding carboxylic acids is 1. The van der Waals surface area contributed by atoms with Gasteiger partial charge in [0.25, 0.3) is 5.91 Å². The Morgan fingerprint density at radius 1 is 1.00 bits per heavy atom. The normalized spacial score (nSPS) is 35.2. The van der Waals surface area contributed by atoms with Crippen molar-refractivity contribution in [1.82, 2.24) is 4.90 Å². The summed E-state index contributed by atoms with van der Waals surface area (Å²) in [6, 6.07) is 10.1. The Morgan fingerprint density at radius 2 is 1.65 bits per heavy atom. The summed E-state index contributed by atoms with van der Waals surface area (Å²) in [5.74, 6) is 2.35. The lowest BCUT2D eigenvalue weighted by atomic mass is 9.68. The van der Waals surface area contributed by atoms with Crippen molar-refractivity contribution < 1.29 is 4.79 Å². The molecule has 104 valence electrons. The Bertz CT molecular complexity index is 536. The Hall–Kier alpha value is -1.57. The molecule has 1 amide bonds. The summed E-state index contributed by atoms with van der Waals surface area (Å²) in [5.41, 5.74) is 1.89. The fraction of sp³-hybridized carbons (Fsp3) is 0.500. The fourth-order valence-corrected chi connectivity index (χ4v) is 4.75. The molecule has 2 nitrogen and oxygen atoms in total. The third kappa shape index (κ3) is 1.81. The molecule has 2 atom stereocenters. The number of rotatable bonds is 1. The van der Waals surface area contributed by atoms with Gasteiger partial charge in [0.15, 0.2) is 0 Å². The highest BCUT2D eigenvalue weighted by molar-refractivity contribution is 5.95. The van der Waals surface area contributed by atoms with Crippen molar-refractivity contribution >= 4 is 5.91 Å². The Morgan fingerprint density at radius 3 is 2.30 bits per heavy atom. The maximum absolute atomic E-state index is 12.9. The molecule has 5 rings (SSSR count). The van der Waals surface area contributed by atoms with E-state index in [4.69, 9.17) is 0 Å². The lowest BCUT2D eigenvalue weighted by Gasteiger charge is -2.38. The first-order chi connectivity index (χ1) is 9.72. The average molecular weight is 267 g/mol. The maximum atomic E-state index is 12.9. The number of allylic oxidation sites excluding steroid dienone is 1. The smallest absolute Gasteiger partial charge is 0.258 e. The highest BCUT2D eigenvalue weighted by Gasteiger charge is 2.46. The van der Waals surface area contributed by atoms with Gasteiger partial charge in [0.2, 0.25) is 0 Å². The molecule has 0 spiro atoms. The molecule has 0 aromatic heterocycles. The fourth-order valence-electron chi connectivity index (χ4n) is 4.75. The second-order valence-corrected chi connectivity index (χ2v) is 6.79. The minimum Gasteiger partial charge on any atom is -0.309 e. The van der Waals surface area contributed by atoms with Crippen LogP contribution in [0.4, 0.5) is 0 Å². The van der Waals surface area contributed by atoms with Gasteiger partial charge in [-0.1, -0.05) is 24.8 Å². The molecule has 2 aliphatic carbocycles. The summed E-state index contributed by atoms with van der Waals surface area (Å²) in [7, 11) is 0. The van der Waals surface area contributed by atoms with Crippen LogP contribution < -0.4 is 0 Å². The van der Waals surface area contributed by atoms with Crippen molar-refractivity contribution in [3.63, 3.8) is 0 Å². The largest absolute Gasteiger partial charge is 0.309 e. The zero-order valence-corrected chi connectivity index (χ0v) is 11.8. The van der Waals surface area contributed by atoms with Crippen LogP contribution in [0, 0.1) is 17.8 Å². The number of hydrogen-bond acceptors (Lipinski definition) is 1. The van der Waals surface area contributed by atoms with E-state index >= 15 is 0 Å². The van der Waals surface area contributed by atoms with Gasteiger partial charge in [0, 0.05) is 17.3 Å². The van der Waals surface area contributed by atoms with Gasteiger partial charge in [-0.05, 0) is 62.0 Å². The second-order valence-electron chi connectivity index (χ2n) is 6.79. The Balaban J connectivity index is 1.70. The van der Waals surface area contributed by atoms with E-state index in [1.54, 1.807) is 0 Å². The van der Waals surface area contributed by atoms with Gasteiger partial charge in [-0.15, -0.1) is 0 Å². The summed E-state index contributed by atoms with van der Waals surface area (Å²) in [4.78, 5) is 14.9. The van der Waals surface area contributed by atoms with Gasteiger partial charge in [-0.3, -0.25) is 4.79 Å². The molecule has 2 saturated carbocycles. The molecule has 2 aliphatic heterocycles. The van der Waals surface area contributed by atoms with Crippen molar-refractivity contribution in [2.75, 3.05) is 0 Å². The zero-order chi connectivity index (χ0) is 13.7. The van der Waals surface area contributed by atoms with E-state index in [1.807, 2.05) is 30.3 Å². The second kappa shape index (κ2) is 4.47. The molecular weight excluding hydrogens is 246 g/mol. The molecule has 0 N–H and O–H groups in total. The van der Waals surface area contributed by atoms with Crippen LogP contribution in [-0.4, -0.2) is 16.8 Å². The SMILES string of the molecule is C=C1C2CC3CC(C2)CC(C3)N1C(=O)c1ccccc1. The summed E-state index contributed by atoms with van der Waals surface area (Å²) >= 11 is 0. The topological polar surface area (TPSA) is 20.3 Å². The van der Waals surface area contributed by atoms with Gasteiger partial charge in [0.05, 0.1) is 0 Å². The number of benzene rings is 1. The van der Waals surface area contributed by atoms with Crippen LogP contribution >= 0.6 is 0 Å². The first kappa shape index (κ1) is 12.2. The molecule has 4 bridgehead atoms. The summed E-state index contributed by atoms with van der Waals surface area (Å²) in [5, 5.41) is 0. The van der Waals surface area contributed by atoms with Crippen molar-refractivity contribution in [2.24, 2.45) is 17.8 Å². The highest BCUT2D eigenvalue weighted by Crippen LogP contribution is 2.51. The van der Waals surface area contributed by atoms with Crippen LogP contribution in [0.25, 0.3) is 0 Å². The van der Waals surface area contributed by atoms with Crippen molar-refractivity contribution in [3.8, 4) is 0 Å². The van der Waals surface area contributed by atoms with E-state index < -0.39 is 0 Å². The molecular formula is C18H21NO. The molecule has 4 fully saturated rings. The van der Waals surface area contributed by atoms with E-state index in [0.717, 1.165) is 23.1 Å². The highest BCUT2D eigenvalue weighted by atomic mass is 16.2. The average Bonchev–Trinajstić information content (AvgIpc) is 2.61. The number of nitrogens with zero attached hydrogens (tertiary/aromatic N) is 1. The van der Waals surface area contributed by atoms with Gasteiger partial charge < -0.3 is 4.90 Å². The van der Waals surface area contributed by atoms with Gasteiger partial charge in [0.1, 0.15) is 0 Å². The van der Waals surface area contributed by atoms with E-state index in [9.17, 15) is 4.79 Å². The van der Waals surface area contributed by atoms with E-state index in [-0.39, 0.29) is 5.91 Å². The van der Waals surface area contributed by atoms with Crippen LogP contribution in [0.2, 0.25) is 0 Å². The molecule has 2 saturated heterocycles. The molecule has 2 heteroatoms. The lowest BCUT2D eigenvalue weighted by molar-refractivity contribution is 0.0685. The predicted octanol–water partition coefficient (Wildman–Crippen LogP) is 3.85. The molecule has 2 unspecified atom stereocenters.